The number of anilines is 1. The van der Waals surface area contributed by atoms with Crippen molar-refractivity contribution in [2.75, 3.05) is 58.5 Å². The molecule has 0 bridgehead atoms. The molecule has 0 amide bonds. The summed E-state index contributed by atoms with van der Waals surface area (Å²) < 4.78 is 35.2. The molecule has 2 aliphatic heterocycles. The standard InChI is InChI=1S/C33H41ClFN7O5/c1-18-21(34)11-22-20(12-36-40-22)24(18)27-26(35)28-25(30(37-27)45-4)29(42-13-19(14-43)46-16-32(2,44)15-42)39-31(38-28)47-17-33-8-5-7-23(33)41(3)10-6-9-33/h11-12,19,23,43-44H,5-10,13-17H2,1-4H3,(H,36,40). The van der Waals surface area contributed by atoms with Crippen LogP contribution in [0.1, 0.15) is 44.6 Å². The number of likely N-dealkylation sites (tertiary alicyclic amines) is 1. The number of aromatic nitrogens is 5. The van der Waals surface area contributed by atoms with Crippen LogP contribution in [0.2, 0.25) is 5.02 Å². The number of aromatic amines is 1. The smallest absolute Gasteiger partial charge is 0.319 e. The van der Waals surface area contributed by atoms with Crippen molar-refractivity contribution in [2.45, 2.75) is 63.7 Å². The van der Waals surface area contributed by atoms with Gasteiger partial charge in [-0.15, -0.1) is 0 Å². The number of hydrogen-bond acceptors (Lipinski definition) is 11. The molecule has 3 fully saturated rings. The van der Waals surface area contributed by atoms with Gasteiger partial charge in [0.25, 0.3) is 0 Å². The molecule has 0 spiro atoms. The Kier molecular flexibility index (Phi) is 8.40. The van der Waals surface area contributed by atoms with Crippen LogP contribution >= 0.6 is 11.6 Å². The van der Waals surface area contributed by atoms with E-state index in [2.05, 4.69) is 32.1 Å². The molecular formula is C33H41ClFN7O5. The lowest BCUT2D eigenvalue weighted by Crippen LogP contribution is -2.50. The Bertz CT molecular complexity index is 1820. The van der Waals surface area contributed by atoms with Gasteiger partial charge in [0.1, 0.15) is 28.0 Å². The van der Waals surface area contributed by atoms with Crippen molar-refractivity contribution < 1.29 is 28.8 Å². The molecule has 2 saturated heterocycles. The summed E-state index contributed by atoms with van der Waals surface area (Å²) in [5.74, 6) is -0.350. The first kappa shape index (κ1) is 32.2. The fourth-order valence-electron chi connectivity index (χ4n) is 7.95. The van der Waals surface area contributed by atoms with Crippen LogP contribution in [0.15, 0.2) is 12.3 Å². The van der Waals surface area contributed by atoms with Gasteiger partial charge in [-0.05, 0) is 64.8 Å². The maximum absolute atomic E-state index is 17.1. The number of pyridine rings is 1. The van der Waals surface area contributed by atoms with Crippen LogP contribution < -0.4 is 14.4 Å². The van der Waals surface area contributed by atoms with Crippen molar-refractivity contribution in [3.05, 3.63) is 28.7 Å². The number of ether oxygens (including phenoxy) is 3. The number of fused-ring (bicyclic) bond motifs is 3. The number of piperidine rings is 1. The second-order valence-corrected chi connectivity index (χ2v) is 14.1. The number of benzene rings is 1. The summed E-state index contributed by atoms with van der Waals surface area (Å²) in [7, 11) is 3.62. The van der Waals surface area contributed by atoms with E-state index in [9.17, 15) is 10.2 Å². The Morgan fingerprint density at radius 1 is 1.23 bits per heavy atom. The highest BCUT2D eigenvalue weighted by atomic mass is 35.5. The summed E-state index contributed by atoms with van der Waals surface area (Å²) in [6, 6.07) is 2.16. The van der Waals surface area contributed by atoms with Gasteiger partial charge in [0.15, 0.2) is 5.82 Å². The van der Waals surface area contributed by atoms with Crippen molar-refractivity contribution in [1.29, 1.82) is 0 Å². The first-order chi connectivity index (χ1) is 22.5. The number of aliphatic hydroxyl groups excluding tert-OH is 1. The summed E-state index contributed by atoms with van der Waals surface area (Å²) in [5, 5.41) is 29.6. The van der Waals surface area contributed by atoms with Crippen LogP contribution in [0, 0.1) is 18.2 Å². The average Bonchev–Trinajstić information content (AvgIpc) is 3.67. The van der Waals surface area contributed by atoms with Crippen LogP contribution in [0.3, 0.4) is 0 Å². The number of H-pyrrole nitrogens is 1. The van der Waals surface area contributed by atoms with Gasteiger partial charge >= 0.3 is 6.01 Å². The van der Waals surface area contributed by atoms with Crippen LogP contribution in [0.4, 0.5) is 10.2 Å². The van der Waals surface area contributed by atoms with Gasteiger partial charge in [-0.1, -0.05) is 18.0 Å². The van der Waals surface area contributed by atoms with Crippen molar-refractivity contribution in [3.63, 3.8) is 0 Å². The zero-order valence-corrected chi connectivity index (χ0v) is 27.9. The molecule has 5 heterocycles. The molecule has 12 nitrogen and oxygen atoms in total. The molecule has 7 rings (SSSR count). The van der Waals surface area contributed by atoms with E-state index in [0.29, 0.717) is 39.7 Å². The van der Waals surface area contributed by atoms with E-state index >= 15 is 4.39 Å². The average molecular weight is 670 g/mol. The molecule has 1 aliphatic carbocycles. The molecule has 1 aromatic carbocycles. The lowest BCUT2D eigenvalue weighted by molar-refractivity contribution is -0.0528. The number of rotatable bonds is 7. The highest BCUT2D eigenvalue weighted by Crippen LogP contribution is 2.48. The SMILES string of the molecule is COc1nc(-c2c(C)c(Cl)cc3[nH]ncc23)c(F)c2nc(OCC34CCCC3N(C)CCC4)nc(N3CC(CO)OCC(C)(O)C3)c12. The quantitative estimate of drug-likeness (QED) is 0.260. The fraction of sp³-hybridized carbons (Fsp3) is 0.576. The molecule has 47 heavy (non-hydrogen) atoms. The van der Waals surface area contributed by atoms with Gasteiger partial charge in [-0.3, -0.25) is 5.10 Å². The summed E-state index contributed by atoms with van der Waals surface area (Å²) in [6.07, 6.45) is 6.37. The number of halogens is 2. The lowest BCUT2D eigenvalue weighted by Gasteiger charge is -2.44. The third-order valence-corrected chi connectivity index (χ3v) is 10.6. The van der Waals surface area contributed by atoms with E-state index in [0.717, 1.165) is 38.6 Å². The van der Waals surface area contributed by atoms with Crippen molar-refractivity contribution in [1.82, 2.24) is 30.0 Å². The zero-order chi connectivity index (χ0) is 33.1. The molecule has 14 heteroatoms. The van der Waals surface area contributed by atoms with E-state index in [4.69, 9.17) is 30.8 Å². The maximum Gasteiger partial charge on any atom is 0.319 e. The van der Waals surface area contributed by atoms with Gasteiger partial charge < -0.3 is 34.2 Å². The molecule has 3 N–H and O–H groups in total. The van der Waals surface area contributed by atoms with E-state index in [1.165, 1.54) is 7.11 Å². The monoisotopic (exact) mass is 669 g/mol. The number of methoxy groups -OCH3 is 1. The molecule has 252 valence electrons. The molecule has 3 aliphatic rings. The van der Waals surface area contributed by atoms with Crippen molar-refractivity contribution in [2.24, 2.45) is 5.41 Å². The minimum Gasteiger partial charge on any atom is -0.480 e. The number of hydrogen-bond donors (Lipinski definition) is 3. The normalized spacial score (nSPS) is 26.9. The highest BCUT2D eigenvalue weighted by molar-refractivity contribution is 6.33. The van der Waals surface area contributed by atoms with E-state index in [-0.39, 0.29) is 66.0 Å². The van der Waals surface area contributed by atoms with Gasteiger partial charge in [-0.2, -0.15) is 15.1 Å². The topological polar surface area (TPSA) is 142 Å². The third-order valence-electron chi connectivity index (χ3n) is 10.2. The van der Waals surface area contributed by atoms with Gasteiger partial charge in [0, 0.05) is 34.0 Å². The minimum atomic E-state index is -1.30. The minimum absolute atomic E-state index is 0.000799. The molecule has 3 aromatic heterocycles. The molecule has 1 saturated carbocycles. The first-order valence-corrected chi connectivity index (χ1v) is 16.5. The predicted octanol–water partition coefficient (Wildman–Crippen LogP) is 4.27. The molecular weight excluding hydrogens is 629 g/mol. The van der Waals surface area contributed by atoms with Gasteiger partial charge in [0.05, 0.1) is 51.3 Å². The predicted molar refractivity (Wildman–Crippen MR) is 176 cm³/mol. The largest absolute Gasteiger partial charge is 0.480 e. The number of β-amino-alcohol motifs (C(OH)–C–C–N with tert-alkyl or cyclic N) is 1. The first-order valence-electron chi connectivity index (χ1n) is 16.1. The number of aliphatic hydroxyl groups is 2. The summed E-state index contributed by atoms with van der Waals surface area (Å²) in [6.45, 7) is 4.87. The van der Waals surface area contributed by atoms with Crippen LogP contribution in [0.25, 0.3) is 33.1 Å². The van der Waals surface area contributed by atoms with Crippen LogP contribution in [-0.4, -0.2) is 112 Å². The molecule has 4 unspecified atom stereocenters. The van der Waals surface area contributed by atoms with Crippen LogP contribution in [-0.2, 0) is 4.74 Å². The summed E-state index contributed by atoms with van der Waals surface area (Å²) in [5.41, 5.74) is 0.332. The maximum atomic E-state index is 17.1. The van der Waals surface area contributed by atoms with E-state index in [1.54, 1.807) is 31.0 Å². The number of nitrogens with zero attached hydrogens (tertiary/aromatic N) is 6. The fourth-order valence-corrected chi connectivity index (χ4v) is 8.15. The van der Waals surface area contributed by atoms with E-state index < -0.39 is 17.5 Å². The lowest BCUT2D eigenvalue weighted by atomic mass is 9.76. The highest BCUT2D eigenvalue weighted by Gasteiger charge is 2.47. The second-order valence-electron chi connectivity index (χ2n) is 13.7. The Morgan fingerprint density at radius 2 is 2.04 bits per heavy atom. The van der Waals surface area contributed by atoms with Gasteiger partial charge in [0.2, 0.25) is 5.88 Å². The Hall–Kier alpha value is -3.36. The molecule has 0 radical (unpaired) electrons. The number of nitrogens with one attached hydrogen (secondary N) is 1. The third kappa shape index (κ3) is 5.65. The van der Waals surface area contributed by atoms with Crippen molar-refractivity contribution in [3.8, 4) is 23.1 Å². The zero-order valence-electron chi connectivity index (χ0n) is 27.1. The van der Waals surface area contributed by atoms with Crippen LogP contribution in [0.5, 0.6) is 11.9 Å². The Morgan fingerprint density at radius 3 is 2.83 bits per heavy atom. The Labute approximate surface area is 277 Å². The molecule has 4 atom stereocenters. The second kappa shape index (κ2) is 12.3. The van der Waals surface area contributed by atoms with E-state index in [1.807, 2.05) is 0 Å². The summed E-state index contributed by atoms with van der Waals surface area (Å²) >= 11 is 6.59. The summed E-state index contributed by atoms with van der Waals surface area (Å²) in [4.78, 5) is 18.4. The van der Waals surface area contributed by atoms with Crippen molar-refractivity contribution >= 4 is 39.2 Å². The Balaban J connectivity index is 1.42. The van der Waals surface area contributed by atoms with Gasteiger partial charge in [-0.25, -0.2) is 9.37 Å². The molecule has 4 aromatic rings.